The number of nitrogens with zero attached hydrogens (tertiary/aromatic N) is 3. The van der Waals surface area contributed by atoms with Crippen molar-refractivity contribution in [3.63, 3.8) is 0 Å². The van der Waals surface area contributed by atoms with E-state index in [2.05, 4.69) is 17.1 Å². The first-order chi connectivity index (χ1) is 12.0. The van der Waals surface area contributed by atoms with E-state index in [9.17, 15) is 4.79 Å². The molecule has 130 valence electrons. The molecule has 0 saturated heterocycles. The Morgan fingerprint density at radius 1 is 1.16 bits per heavy atom. The van der Waals surface area contributed by atoms with Crippen LogP contribution in [0.15, 0.2) is 47.1 Å². The van der Waals surface area contributed by atoms with Crippen molar-refractivity contribution < 1.29 is 9.21 Å². The average Bonchev–Trinajstić information content (AvgIpc) is 3.24. The molecular weight excluding hydrogens is 334 g/mol. The third-order valence-electron chi connectivity index (χ3n) is 3.95. The van der Waals surface area contributed by atoms with Crippen LogP contribution in [0.3, 0.4) is 0 Å². The Hall–Kier alpha value is -2.60. The van der Waals surface area contributed by atoms with Gasteiger partial charge in [-0.25, -0.2) is 4.98 Å². The van der Waals surface area contributed by atoms with Gasteiger partial charge in [-0.05, 0) is 36.8 Å². The number of rotatable bonds is 5. The second-order valence-electron chi connectivity index (χ2n) is 6.12. The van der Waals surface area contributed by atoms with Crippen LogP contribution in [0.2, 0.25) is 0 Å². The fourth-order valence-electron chi connectivity index (χ4n) is 2.53. The predicted molar refractivity (Wildman–Crippen MR) is 101 cm³/mol. The van der Waals surface area contributed by atoms with Crippen LogP contribution in [0.5, 0.6) is 0 Å². The molecule has 0 N–H and O–H groups in total. The summed E-state index contributed by atoms with van der Waals surface area (Å²) in [5.41, 5.74) is 2.71. The van der Waals surface area contributed by atoms with Crippen LogP contribution >= 0.6 is 11.3 Å². The van der Waals surface area contributed by atoms with Gasteiger partial charge in [0, 0.05) is 38.3 Å². The lowest BCUT2D eigenvalue weighted by molar-refractivity contribution is 0.0779. The second-order valence-corrected chi connectivity index (χ2v) is 7.33. The highest BCUT2D eigenvalue weighted by Gasteiger charge is 2.20. The number of thiazole rings is 1. The van der Waals surface area contributed by atoms with Crippen molar-refractivity contribution in [2.24, 2.45) is 0 Å². The number of carbonyl (C=O) groups is 1. The zero-order valence-electron chi connectivity index (χ0n) is 14.8. The molecule has 0 bridgehead atoms. The Labute approximate surface area is 151 Å². The number of carbonyl (C=O) groups excluding carboxylic acids is 1. The highest BCUT2D eigenvalue weighted by Crippen LogP contribution is 2.28. The fourth-order valence-corrected chi connectivity index (χ4v) is 3.40. The molecule has 5 nitrogen and oxygen atoms in total. The summed E-state index contributed by atoms with van der Waals surface area (Å²) >= 11 is 1.47. The molecule has 25 heavy (non-hydrogen) atoms. The van der Waals surface area contributed by atoms with Crippen LogP contribution in [0.4, 0.5) is 5.69 Å². The van der Waals surface area contributed by atoms with E-state index in [1.165, 1.54) is 11.3 Å². The van der Waals surface area contributed by atoms with E-state index in [1.54, 1.807) is 18.2 Å². The lowest BCUT2D eigenvalue weighted by Gasteiger charge is -2.18. The Morgan fingerprint density at radius 3 is 2.48 bits per heavy atom. The molecule has 1 aromatic carbocycles. The lowest BCUT2D eigenvalue weighted by Crippen LogP contribution is -2.27. The molecule has 0 radical (unpaired) electrons. The molecule has 0 aliphatic heterocycles. The topological polar surface area (TPSA) is 49.6 Å². The third kappa shape index (κ3) is 3.74. The van der Waals surface area contributed by atoms with E-state index in [-0.39, 0.29) is 5.91 Å². The van der Waals surface area contributed by atoms with Gasteiger partial charge in [0.1, 0.15) is 5.69 Å². The first-order valence-corrected chi connectivity index (χ1v) is 8.80. The van der Waals surface area contributed by atoms with Gasteiger partial charge in [0.05, 0.1) is 6.26 Å². The molecule has 0 unspecified atom stereocenters. The smallest absolute Gasteiger partial charge is 0.273 e. The van der Waals surface area contributed by atoms with Gasteiger partial charge in [-0.3, -0.25) is 4.79 Å². The minimum atomic E-state index is -0.0803. The zero-order chi connectivity index (χ0) is 18.0. The molecule has 2 heterocycles. The normalized spacial score (nSPS) is 10.7. The van der Waals surface area contributed by atoms with E-state index in [1.807, 2.05) is 50.2 Å². The van der Waals surface area contributed by atoms with Crippen molar-refractivity contribution in [3.8, 4) is 10.8 Å². The Bertz CT molecular complexity index is 851. The Morgan fingerprint density at radius 2 is 1.88 bits per heavy atom. The monoisotopic (exact) mass is 355 g/mol. The van der Waals surface area contributed by atoms with Crippen molar-refractivity contribution in [1.29, 1.82) is 0 Å². The summed E-state index contributed by atoms with van der Waals surface area (Å²) in [6, 6.07) is 11.9. The number of aryl methyl sites for hydroxylation is 1. The first kappa shape index (κ1) is 17.2. The van der Waals surface area contributed by atoms with Crippen LogP contribution in [0, 0.1) is 6.92 Å². The SMILES string of the molecule is Cc1sc(-c2ccco2)nc1C(=O)N(C)Cc1ccc(N(C)C)cc1. The molecule has 0 spiro atoms. The highest BCUT2D eigenvalue weighted by atomic mass is 32.1. The number of benzene rings is 1. The highest BCUT2D eigenvalue weighted by molar-refractivity contribution is 7.15. The van der Waals surface area contributed by atoms with Crippen LogP contribution in [0.25, 0.3) is 10.8 Å². The predicted octanol–water partition coefficient (Wildman–Crippen LogP) is 4.05. The van der Waals surface area contributed by atoms with Gasteiger partial charge in [-0.1, -0.05) is 12.1 Å². The number of anilines is 1. The second kappa shape index (κ2) is 7.11. The van der Waals surface area contributed by atoms with Gasteiger partial charge < -0.3 is 14.2 Å². The summed E-state index contributed by atoms with van der Waals surface area (Å²) < 4.78 is 5.37. The summed E-state index contributed by atoms with van der Waals surface area (Å²) in [4.78, 5) is 21.9. The maximum atomic E-state index is 12.8. The maximum Gasteiger partial charge on any atom is 0.273 e. The van der Waals surface area contributed by atoms with Crippen molar-refractivity contribution in [1.82, 2.24) is 9.88 Å². The summed E-state index contributed by atoms with van der Waals surface area (Å²) in [6.45, 7) is 2.46. The average molecular weight is 355 g/mol. The maximum absolute atomic E-state index is 12.8. The van der Waals surface area contributed by atoms with Crippen LogP contribution in [-0.4, -0.2) is 36.9 Å². The lowest BCUT2D eigenvalue weighted by atomic mass is 10.2. The zero-order valence-corrected chi connectivity index (χ0v) is 15.6. The van der Waals surface area contributed by atoms with Gasteiger partial charge >= 0.3 is 0 Å². The quantitative estimate of drug-likeness (QED) is 0.693. The molecule has 0 aliphatic rings. The van der Waals surface area contributed by atoms with Crippen molar-refractivity contribution in [3.05, 3.63) is 58.8 Å². The third-order valence-corrected chi connectivity index (χ3v) is 4.94. The number of aromatic nitrogens is 1. The van der Waals surface area contributed by atoms with Gasteiger partial charge in [0.15, 0.2) is 10.8 Å². The summed E-state index contributed by atoms with van der Waals surface area (Å²) in [7, 11) is 5.81. The molecule has 3 aromatic rings. The minimum absolute atomic E-state index is 0.0803. The fraction of sp³-hybridized carbons (Fsp3) is 0.263. The number of furan rings is 1. The Kier molecular flexibility index (Phi) is 4.90. The molecule has 6 heteroatoms. The molecule has 0 fully saturated rings. The van der Waals surface area contributed by atoms with Crippen molar-refractivity contribution in [2.45, 2.75) is 13.5 Å². The van der Waals surface area contributed by atoms with Crippen LogP contribution in [-0.2, 0) is 6.54 Å². The van der Waals surface area contributed by atoms with E-state index in [4.69, 9.17) is 4.42 Å². The van der Waals surface area contributed by atoms with Crippen LogP contribution in [0.1, 0.15) is 20.9 Å². The number of amides is 1. The summed E-state index contributed by atoms with van der Waals surface area (Å²) in [6.07, 6.45) is 1.61. The molecule has 0 aliphatic carbocycles. The van der Waals surface area contributed by atoms with Gasteiger partial charge in [-0.2, -0.15) is 0 Å². The van der Waals surface area contributed by atoms with Crippen LogP contribution < -0.4 is 4.90 Å². The van der Waals surface area contributed by atoms with E-state index >= 15 is 0 Å². The molecular formula is C19H21N3O2S. The number of hydrogen-bond acceptors (Lipinski definition) is 5. The molecule has 1 amide bonds. The van der Waals surface area contributed by atoms with Gasteiger partial charge in [-0.15, -0.1) is 11.3 Å². The van der Waals surface area contributed by atoms with Gasteiger partial charge in [0.2, 0.25) is 0 Å². The first-order valence-electron chi connectivity index (χ1n) is 7.98. The molecule has 3 rings (SSSR count). The molecule has 2 aromatic heterocycles. The van der Waals surface area contributed by atoms with E-state index < -0.39 is 0 Å². The number of hydrogen-bond donors (Lipinski definition) is 0. The van der Waals surface area contributed by atoms with Gasteiger partial charge in [0.25, 0.3) is 5.91 Å². The van der Waals surface area contributed by atoms with E-state index in [0.29, 0.717) is 18.0 Å². The Balaban J connectivity index is 1.74. The summed E-state index contributed by atoms with van der Waals surface area (Å²) in [5.74, 6) is 0.609. The largest absolute Gasteiger partial charge is 0.462 e. The minimum Gasteiger partial charge on any atom is -0.462 e. The summed E-state index contributed by atoms with van der Waals surface area (Å²) in [5, 5.41) is 0.731. The van der Waals surface area contributed by atoms with Crippen molar-refractivity contribution in [2.75, 3.05) is 26.0 Å². The van der Waals surface area contributed by atoms with Crippen molar-refractivity contribution >= 4 is 22.9 Å². The standard InChI is InChI=1S/C19H21N3O2S/c1-13-17(20-18(25-13)16-6-5-11-24-16)19(23)22(4)12-14-7-9-15(10-8-14)21(2)3/h5-11H,12H2,1-4H3. The van der Waals surface area contributed by atoms with E-state index in [0.717, 1.165) is 21.1 Å². The molecule has 0 atom stereocenters. The molecule has 0 saturated carbocycles.